The summed E-state index contributed by atoms with van der Waals surface area (Å²) >= 11 is 0. The second-order valence-corrected chi connectivity index (χ2v) is 5.75. The average molecular weight is 326 g/mol. The highest BCUT2D eigenvalue weighted by atomic mass is 16.6. The lowest BCUT2D eigenvalue weighted by molar-refractivity contribution is -0.384. The summed E-state index contributed by atoms with van der Waals surface area (Å²) in [5, 5.41) is 14.1. The van der Waals surface area contributed by atoms with Gasteiger partial charge in [0.15, 0.2) is 0 Å². The molecule has 3 rings (SSSR count). The number of fused-ring (bicyclic) bond motifs is 1. The van der Waals surface area contributed by atoms with Crippen LogP contribution >= 0.6 is 0 Å². The number of non-ortho nitro benzene ring substituents is 1. The minimum atomic E-state index is -0.439. The Labute approximate surface area is 139 Å². The maximum Gasteiger partial charge on any atom is 0.271 e. The topological polar surface area (TPSA) is 88.4 Å². The molecule has 0 unspecified atom stereocenters. The molecule has 1 amide bonds. The van der Waals surface area contributed by atoms with E-state index in [1.54, 1.807) is 23.4 Å². The minimum Gasteiger partial charge on any atom is -0.310 e. The van der Waals surface area contributed by atoms with Gasteiger partial charge in [0.2, 0.25) is 5.91 Å². The highest BCUT2D eigenvalue weighted by Gasteiger charge is 2.26. The molecule has 24 heavy (non-hydrogen) atoms. The van der Waals surface area contributed by atoms with Crippen LogP contribution in [0.2, 0.25) is 0 Å². The van der Waals surface area contributed by atoms with Gasteiger partial charge in [0.1, 0.15) is 0 Å². The zero-order valence-corrected chi connectivity index (χ0v) is 13.3. The van der Waals surface area contributed by atoms with E-state index in [4.69, 9.17) is 0 Å². The van der Waals surface area contributed by atoms with E-state index in [0.29, 0.717) is 12.2 Å². The Morgan fingerprint density at radius 3 is 2.83 bits per heavy atom. The number of amides is 1. The molecule has 1 aromatic carbocycles. The lowest BCUT2D eigenvalue weighted by Crippen LogP contribution is -2.38. The van der Waals surface area contributed by atoms with Gasteiger partial charge in [0, 0.05) is 37.1 Å². The van der Waals surface area contributed by atoms with Crippen LogP contribution in [0.5, 0.6) is 0 Å². The number of carbonyl (C=O) groups is 1. The summed E-state index contributed by atoms with van der Waals surface area (Å²) in [7, 11) is 0. The summed E-state index contributed by atoms with van der Waals surface area (Å²) < 4.78 is 0. The first-order valence-corrected chi connectivity index (χ1v) is 7.77. The van der Waals surface area contributed by atoms with Crippen LogP contribution in [0.25, 0.3) is 0 Å². The molecule has 0 radical (unpaired) electrons. The molecule has 2 heterocycles. The number of hydrogen-bond donors (Lipinski definition) is 1. The maximum atomic E-state index is 12.5. The number of nitrogens with one attached hydrogen (secondary N) is 1. The number of anilines is 1. The van der Waals surface area contributed by atoms with Crippen molar-refractivity contribution >= 4 is 17.3 Å². The summed E-state index contributed by atoms with van der Waals surface area (Å²) in [6.45, 7) is 2.71. The van der Waals surface area contributed by atoms with Gasteiger partial charge < -0.3 is 10.2 Å². The van der Waals surface area contributed by atoms with Crippen molar-refractivity contribution in [3.63, 3.8) is 0 Å². The van der Waals surface area contributed by atoms with Crippen LogP contribution in [0.3, 0.4) is 0 Å². The fourth-order valence-corrected chi connectivity index (χ4v) is 2.85. The largest absolute Gasteiger partial charge is 0.310 e. The number of benzene rings is 1. The second kappa shape index (κ2) is 6.76. The molecule has 0 saturated carbocycles. The monoisotopic (exact) mass is 326 g/mol. The Morgan fingerprint density at radius 2 is 2.12 bits per heavy atom. The molecule has 124 valence electrons. The highest BCUT2D eigenvalue weighted by Crippen LogP contribution is 2.31. The van der Waals surface area contributed by atoms with Crippen LogP contribution in [0, 0.1) is 10.1 Å². The third-order valence-corrected chi connectivity index (χ3v) is 4.24. The number of carbonyl (C=O) groups excluding carboxylic acids is 1. The number of nitro groups is 1. The van der Waals surface area contributed by atoms with E-state index in [0.717, 1.165) is 17.5 Å². The quantitative estimate of drug-likeness (QED) is 0.672. The number of rotatable bonds is 5. The van der Waals surface area contributed by atoms with E-state index >= 15 is 0 Å². The van der Waals surface area contributed by atoms with Crippen molar-refractivity contribution in [1.82, 2.24) is 10.3 Å². The lowest BCUT2D eigenvalue weighted by atomic mass is 10.1. The SMILES string of the molecule is C[C@H](NCC(=O)N1CCc2ccc([N+](=O)[O-])cc21)c1ccncc1. The molecule has 1 aromatic heterocycles. The Hall–Kier alpha value is -2.80. The normalized spacial score (nSPS) is 14.3. The molecule has 0 spiro atoms. The number of pyridine rings is 1. The van der Waals surface area contributed by atoms with E-state index in [9.17, 15) is 14.9 Å². The van der Waals surface area contributed by atoms with Crippen molar-refractivity contribution in [3.05, 3.63) is 64.0 Å². The first-order valence-electron chi connectivity index (χ1n) is 7.77. The summed E-state index contributed by atoms with van der Waals surface area (Å²) in [4.78, 5) is 28.6. The molecular weight excluding hydrogens is 308 g/mol. The zero-order chi connectivity index (χ0) is 17.1. The van der Waals surface area contributed by atoms with Gasteiger partial charge in [-0.25, -0.2) is 0 Å². The van der Waals surface area contributed by atoms with Crippen molar-refractivity contribution in [3.8, 4) is 0 Å². The third kappa shape index (κ3) is 3.26. The minimum absolute atomic E-state index is 0.00608. The molecule has 7 nitrogen and oxygen atoms in total. The Balaban J connectivity index is 1.67. The molecule has 0 fully saturated rings. The highest BCUT2D eigenvalue weighted by molar-refractivity contribution is 5.97. The van der Waals surface area contributed by atoms with Gasteiger partial charge in [-0.05, 0) is 36.6 Å². The van der Waals surface area contributed by atoms with Crippen molar-refractivity contribution in [2.24, 2.45) is 0 Å². The summed E-state index contributed by atoms with van der Waals surface area (Å²) in [6, 6.07) is 8.51. The van der Waals surface area contributed by atoms with Gasteiger partial charge in [-0.3, -0.25) is 19.9 Å². The van der Waals surface area contributed by atoms with Crippen LogP contribution in [0.1, 0.15) is 24.1 Å². The molecule has 0 saturated heterocycles. The number of nitro benzene ring substituents is 1. The van der Waals surface area contributed by atoms with Crippen molar-refractivity contribution in [1.29, 1.82) is 0 Å². The molecule has 0 aliphatic carbocycles. The molecular formula is C17H18N4O3. The summed E-state index contributed by atoms with van der Waals surface area (Å²) in [6.07, 6.45) is 4.15. The number of hydrogen-bond acceptors (Lipinski definition) is 5. The maximum absolute atomic E-state index is 12.5. The van der Waals surface area contributed by atoms with Crippen LogP contribution in [0.15, 0.2) is 42.7 Å². The number of aromatic nitrogens is 1. The average Bonchev–Trinajstić information content (AvgIpc) is 3.03. The summed E-state index contributed by atoms with van der Waals surface area (Å²) in [5.41, 5.74) is 2.67. The first-order chi connectivity index (χ1) is 11.6. The van der Waals surface area contributed by atoms with Gasteiger partial charge >= 0.3 is 0 Å². The van der Waals surface area contributed by atoms with Crippen LogP contribution in [-0.4, -0.2) is 28.9 Å². The Morgan fingerprint density at radius 1 is 1.38 bits per heavy atom. The predicted octanol–water partition coefficient (Wildman–Crippen LogP) is 2.23. The summed E-state index contributed by atoms with van der Waals surface area (Å²) in [5.74, 6) is -0.0878. The zero-order valence-electron chi connectivity index (χ0n) is 13.3. The van der Waals surface area contributed by atoms with Crippen LogP contribution in [-0.2, 0) is 11.2 Å². The Bertz CT molecular complexity index is 764. The van der Waals surface area contributed by atoms with Gasteiger partial charge in [0.25, 0.3) is 5.69 Å². The molecule has 1 aliphatic rings. The first kappa shape index (κ1) is 16.1. The van der Waals surface area contributed by atoms with Gasteiger partial charge in [0.05, 0.1) is 17.2 Å². The number of nitrogens with zero attached hydrogens (tertiary/aromatic N) is 3. The molecule has 2 aromatic rings. The molecule has 0 bridgehead atoms. The Kier molecular flexibility index (Phi) is 4.52. The van der Waals surface area contributed by atoms with Gasteiger partial charge in [-0.1, -0.05) is 6.07 Å². The van der Waals surface area contributed by atoms with Gasteiger partial charge in [-0.2, -0.15) is 0 Å². The van der Waals surface area contributed by atoms with E-state index in [-0.39, 0.29) is 24.2 Å². The lowest BCUT2D eigenvalue weighted by Gasteiger charge is -2.20. The van der Waals surface area contributed by atoms with Crippen molar-refractivity contribution in [2.75, 3.05) is 18.0 Å². The van der Waals surface area contributed by atoms with E-state index < -0.39 is 4.92 Å². The van der Waals surface area contributed by atoms with Crippen LogP contribution in [0.4, 0.5) is 11.4 Å². The van der Waals surface area contributed by atoms with Gasteiger partial charge in [-0.15, -0.1) is 0 Å². The van der Waals surface area contributed by atoms with E-state index in [1.165, 1.54) is 12.1 Å². The second-order valence-electron chi connectivity index (χ2n) is 5.75. The molecule has 1 N–H and O–H groups in total. The third-order valence-electron chi connectivity index (χ3n) is 4.24. The standard InChI is InChI=1S/C17H18N4O3/c1-12(13-4-7-18-8-5-13)19-11-17(22)20-9-6-14-2-3-15(21(23)24)10-16(14)20/h2-5,7-8,10,12,19H,6,9,11H2,1H3/t12-/m0/s1. The fourth-order valence-electron chi connectivity index (χ4n) is 2.85. The van der Waals surface area contributed by atoms with E-state index in [1.807, 2.05) is 19.1 Å². The predicted molar refractivity (Wildman–Crippen MR) is 89.8 cm³/mol. The molecule has 1 atom stereocenters. The fraction of sp³-hybridized carbons (Fsp3) is 0.294. The van der Waals surface area contributed by atoms with E-state index in [2.05, 4.69) is 10.3 Å². The van der Waals surface area contributed by atoms with Crippen molar-refractivity contribution < 1.29 is 9.72 Å². The smallest absolute Gasteiger partial charge is 0.271 e. The molecule has 1 aliphatic heterocycles. The van der Waals surface area contributed by atoms with Crippen molar-refractivity contribution in [2.45, 2.75) is 19.4 Å². The molecule has 7 heteroatoms. The van der Waals surface area contributed by atoms with Crippen LogP contribution < -0.4 is 10.2 Å².